The Hall–Kier alpha value is -1.61. The van der Waals surface area contributed by atoms with Crippen molar-refractivity contribution in [3.63, 3.8) is 0 Å². The average Bonchev–Trinajstić information content (AvgIpc) is 2.36. The largest absolute Gasteiger partial charge is 0.389 e. The van der Waals surface area contributed by atoms with Crippen molar-refractivity contribution in [2.75, 3.05) is 11.9 Å². The van der Waals surface area contributed by atoms with Gasteiger partial charge >= 0.3 is 0 Å². The minimum Gasteiger partial charge on any atom is -0.389 e. The Bertz CT molecular complexity index is 617. The number of nitrogens with two attached hydrogens (primary N) is 1. The molecule has 2 nitrogen and oxygen atoms in total. The highest BCUT2D eigenvalue weighted by Crippen LogP contribution is 2.30. The Morgan fingerprint density at radius 2 is 1.89 bits per heavy atom. The zero-order valence-corrected chi connectivity index (χ0v) is 11.7. The van der Waals surface area contributed by atoms with E-state index >= 15 is 0 Å². The van der Waals surface area contributed by atoms with Crippen molar-refractivity contribution in [1.29, 1.82) is 0 Å². The Morgan fingerprint density at radius 1 is 1.16 bits per heavy atom. The maximum absolute atomic E-state index is 5.79. The Balaban J connectivity index is 1.95. The molecule has 0 amide bonds. The molecule has 19 heavy (non-hydrogen) atoms. The molecule has 0 radical (unpaired) electrons. The normalized spacial score (nSPS) is 15.2. The minimum atomic E-state index is 0.460. The van der Waals surface area contributed by atoms with Gasteiger partial charge in [-0.2, -0.15) is 0 Å². The summed E-state index contributed by atoms with van der Waals surface area (Å²) < 4.78 is 0. The molecule has 3 heteroatoms. The van der Waals surface area contributed by atoms with Gasteiger partial charge in [0.15, 0.2) is 0 Å². The first-order valence-corrected chi connectivity index (χ1v) is 7.22. The number of rotatable bonds is 4. The van der Waals surface area contributed by atoms with Crippen LogP contribution in [-0.2, 0) is 0 Å². The third kappa shape index (κ3) is 2.43. The Morgan fingerprint density at radius 3 is 2.53 bits per heavy atom. The lowest BCUT2D eigenvalue weighted by atomic mass is 9.85. The van der Waals surface area contributed by atoms with E-state index in [1.54, 1.807) is 0 Å². The Labute approximate surface area is 119 Å². The first-order chi connectivity index (χ1) is 9.25. The molecule has 0 heterocycles. The fourth-order valence-electron chi connectivity index (χ4n) is 2.62. The van der Waals surface area contributed by atoms with Crippen LogP contribution in [0, 0.1) is 5.92 Å². The maximum atomic E-state index is 5.79. The van der Waals surface area contributed by atoms with Crippen LogP contribution in [0.5, 0.6) is 0 Å². The highest BCUT2D eigenvalue weighted by Gasteiger charge is 2.17. The molecule has 0 aliphatic heterocycles. The van der Waals surface area contributed by atoms with E-state index in [0.29, 0.717) is 4.99 Å². The van der Waals surface area contributed by atoms with E-state index in [-0.39, 0.29) is 0 Å². The zero-order chi connectivity index (χ0) is 13.2. The van der Waals surface area contributed by atoms with Crippen molar-refractivity contribution >= 4 is 33.7 Å². The van der Waals surface area contributed by atoms with Crippen LogP contribution in [0.1, 0.15) is 24.8 Å². The fourth-order valence-corrected chi connectivity index (χ4v) is 2.80. The van der Waals surface area contributed by atoms with Crippen LogP contribution in [0.25, 0.3) is 10.8 Å². The van der Waals surface area contributed by atoms with Gasteiger partial charge in [-0.15, -0.1) is 0 Å². The summed E-state index contributed by atoms with van der Waals surface area (Å²) in [5, 5.41) is 5.91. The van der Waals surface area contributed by atoms with Gasteiger partial charge in [0.05, 0.1) is 0 Å². The lowest BCUT2D eigenvalue weighted by molar-refractivity contribution is 0.333. The highest BCUT2D eigenvalue weighted by molar-refractivity contribution is 7.80. The standard InChI is InChI=1S/C16H18N2S/c17-16(19)14-8-9-15(18-10-11-4-3-5-11)13-7-2-1-6-12(13)14/h1-2,6-9,11,18H,3-5,10H2,(H2,17,19). The van der Waals surface area contributed by atoms with Crippen molar-refractivity contribution in [2.24, 2.45) is 11.7 Å². The maximum Gasteiger partial charge on any atom is 0.104 e. The van der Waals surface area contributed by atoms with Gasteiger partial charge in [-0.05, 0) is 36.3 Å². The lowest BCUT2D eigenvalue weighted by Crippen LogP contribution is -2.21. The van der Waals surface area contributed by atoms with E-state index in [1.165, 1.54) is 30.3 Å². The summed E-state index contributed by atoms with van der Waals surface area (Å²) in [5.41, 5.74) is 7.93. The third-order valence-corrected chi connectivity index (χ3v) is 4.22. The van der Waals surface area contributed by atoms with Crippen LogP contribution < -0.4 is 11.1 Å². The van der Waals surface area contributed by atoms with Gasteiger partial charge in [0, 0.05) is 23.2 Å². The topological polar surface area (TPSA) is 38.0 Å². The predicted molar refractivity (Wildman–Crippen MR) is 85.7 cm³/mol. The number of anilines is 1. The second kappa shape index (κ2) is 5.17. The predicted octanol–water partition coefficient (Wildman–Crippen LogP) is 3.69. The van der Waals surface area contributed by atoms with E-state index in [1.807, 2.05) is 12.1 Å². The zero-order valence-electron chi connectivity index (χ0n) is 10.9. The molecule has 2 aromatic carbocycles. The van der Waals surface area contributed by atoms with Gasteiger partial charge in [0.25, 0.3) is 0 Å². The number of fused-ring (bicyclic) bond motifs is 1. The van der Waals surface area contributed by atoms with E-state index in [9.17, 15) is 0 Å². The first kappa shape index (κ1) is 12.4. The molecular formula is C16H18N2S. The summed E-state index contributed by atoms with van der Waals surface area (Å²) in [6.45, 7) is 1.07. The van der Waals surface area contributed by atoms with E-state index in [2.05, 4.69) is 29.6 Å². The quantitative estimate of drug-likeness (QED) is 0.832. The van der Waals surface area contributed by atoms with Crippen molar-refractivity contribution in [3.8, 4) is 0 Å². The summed E-state index contributed by atoms with van der Waals surface area (Å²) in [5.74, 6) is 0.842. The summed E-state index contributed by atoms with van der Waals surface area (Å²) in [4.78, 5) is 0.460. The van der Waals surface area contributed by atoms with Gasteiger partial charge in [0.2, 0.25) is 0 Å². The summed E-state index contributed by atoms with van der Waals surface area (Å²) in [6, 6.07) is 12.4. The number of hydrogen-bond donors (Lipinski definition) is 2. The smallest absolute Gasteiger partial charge is 0.104 e. The molecule has 0 spiro atoms. The molecule has 0 saturated heterocycles. The molecule has 1 fully saturated rings. The molecule has 0 bridgehead atoms. The first-order valence-electron chi connectivity index (χ1n) is 6.81. The van der Waals surface area contributed by atoms with Gasteiger partial charge < -0.3 is 11.1 Å². The molecule has 3 rings (SSSR count). The molecule has 1 saturated carbocycles. The molecule has 98 valence electrons. The molecular weight excluding hydrogens is 252 g/mol. The number of hydrogen-bond acceptors (Lipinski definition) is 2. The molecule has 3 N–H and O–H groups in total. The van der Waals surface area contributed by atoms with E-state index < -0.39 is 0 Å². The van der Waals surface area contributed by atoms with Crippen molar-refractivity contribution in [3.05, 3.63) is 42.0 Å². The molecule has 0 atom stereocenters. The second-order valence-corrected chi connectivity index (χ2v) is 5.69. The van der Waals surface area contributed by atoms with Gasteiger partial charge in [-0.3, -0.25) is 0 Å². The van der Waals surface area contributed by atoms with Gasteiger partial charge in [-0.1, -0.05) is 42.9 Å². The second-order valence-electron chi connectivity index (χ2n) is 5.25. The molecule has 1 aliphatic rings. The number of benzene rings is 2. The molecule has 2 aromatic rings. The fraction of sp³-hybridized carbons (Fsp3) is 0.312. The molecule has 1 aliphatic carbocycles. The molecule has 0 aromatic heterocycles. The van der Waals surface area contributed by atoms with Crippen molar-refractivity contribution in [1.82, 2.24) is 0 Å². The third-order valence-electron chi connectivity index (χ3n) is 4.00. The van der Waals surface area contributed by atoms with Crippen LogP contribution >= 0.6 is 12.2 Å². The monoisotopic (exact) mass is 270 g/mol. The summed E-state index contributed by atoms with van der Waals surface area (Å²) >= 11 is 5.12. The summed E-state index contributed by atoms with van der Waals surface area (Å²) in [6.07, 6.45) is 4.10. The van der Waals surface area contributed by atoms with E-state index in [0.717, 1.165) is 23.4 Å². The van der Waals surface area contributed by atoms with Crippen LogP contribution in [-0.4, -0.2) is 11.5 Å². The molecule has 0 unspecified atom stereocenters. The lowest BCUT2D eigenvalue weighted by Gasteiger charge is -2.26. The average molecular weight is 270 g/mol. The van der Waals surface area contributed by atoms with Crippen LogP contribution in [0.2, 0.25) is 0 Å². The SMILES string of the molecule is NC(=S)c1ccc(NCC2CCC2)c2ccccc12. The van der Waals surface area contributed by atoms with Crippen LogP contribution in [0.3, 0.4) is 0 Å². The van der Waals surface area contributed by atoms with Crippen molar-refractivity contribution < 1.29 is 0 Å². The van der Waals surface area contributed by atoms with Gasteiger partial charge in [0.1, 0.15) is 4.99 Å². The van der Waals surface area contributed by atoms with Crippen molar-refractivity contribution in [2.45, 2.75) is 19.3 Å². The van der Waals surface area contributed by atoms with Gasteiger partial charge in [-0.25, -0.2) is 0 Å². The van der Waals surface area contributed by atoms with Crippen LogP contribution in [0.15, 0.2) is 36.4 Å². The minimum absolute atomic E-state index is 0.460. The van der Waals surface area contributed by atoms with E-state index in [4.69, 9.17) is 18.0 Å². The number of thiocarbonyl (C=S) groups is 1. The van der Waals surface area contributed by atoms with Crippen LogP contribution in [0.4, 0.5) is 5.69 Å². The highest BCUT2D eigenvalue weighted by atomic mass is 32.1. The Kier molecular flexibility index (Phi) is 3.38. The summed E-state index contributed by atoms with van der Waals surface area (Å²) in [7, 11) is 0. The number of nitrogens with one attached hydrogen (secondary N) is 1.